The Morgan fingerprint density at radius 2 is 1.80 bits per heavy atom. The number of halogens is 2. The van der Waals surface area contributed by atoms with Crippen LogP contribution in [0.4, 0.5) is 0 Å². The fourth-order valence-corrected chi connectivity index (χ4v) is 2.49. The molecule has 0 saturated carbocycles. The van der Waals surface area contributed by atoms with Crippen LogP contribution in [0.15, 0.2) is 30.6 Å². The highest BCUT2D eigenvalue weighted by Crippen LogP contribution is 2.28. The van der Waals surface area contributed by atoms with Gasteiger partial charge in [0.05, 0.1) is 23.1 Å². The SMILES string of the molecule is C[Si](C)(C)C#Cc1cnc(-c2ccc(Cl)cc2Cl)cn1. The number of hydrogen-bond acceptors (Lipinski definition) is 2. The maximum atomic E-state index is 6.15. The minimum absolute atomic E-state index is 0.563. The third-order valence-electron chi connectivity index (χ3n) is 2.42. The van der Waals surface area contributed by atoms with Gasteiger partial charge in [-0.2, -0.15) is 0 Å². The molecule has 0 amide bonds. The van der Waals surface area contributed by atoms with Crippen molar-refractivity contribution in [2.75, 3.05) is 0 Å². The lowest BCUT2D eigenvalue weighted by atomic mass is 10.1. The van der Waals surface area contributed by atoms with Crippen LogP contribution >= 0.6 is 23.2 Å². The van der Waals surface area contributed by atoms with Gasteiger partial charge in [0.25, 0.3) is 0 Å². The summed E-state index contributed by atoms with van der Waals surface area (Å²) in [6, 6.07) is 5.31. The van der Waals surface area contributed by atoms with E-state index in [1.165, 1.54) is 0 Å². The summed E-state index contributed by atoms with van der Waals surface area (Å²) in [5.41, 5.74) is 5.47. The smallest absolute Gasteiger partial charge is 0.130 e. The van der Waals surface area contributed by atoms with E-state index in [9.17, 15) is 0 Å². The van der Waals surface area contributed by atoms with Crippen LogP contribution in [-0.4, -0.2) is 18.0 Å². The Balaban J connectivity index is 2.30. The lowest BCUT2D eigenvalue weighted by Gasteiger charge is -2.04. The van der Waals surface area contributed by atoms with E-state index in [0.717, 1.165) is 5.56 Å². The summed E-state index contributed by atoms with van der Waals surface area (Å²) in [5.74, 6) is 3.07. The van der Waals surface area contributed by atoms with Gasteiger partial charge in [-0.25, -0.2) is 4.98 Å². The number of aromatic nitrogens is 2. The molecule has 102 valence electrons. The van der Waals surface area contributed by atoms with Crippen molar-refractivity contribution in [1.82, 2.24) is 9.97 Å². The normalized spacial score (nSPS) is 10.8. The van der Waals surface area contributed by atoms with Gasteiger partial charge in [-0.1, -0.05) is 48.8 Å². The Hall–Kier alpha value is -1.34. The Morgan fingerprint density at radius 3 is 2.35 bits per heavy atom. The molecule has 0 aliphatic carbocycles. The molecule has 2 rings (SSSR count). The highest BCUT2D eigenvalue weighted by Gasteiger charge is 2.08. The molecule has 0 saturated heterocycles. The van der Waals surface area contributed by atoms with Gasteiger partial charge in [0.15, 0.2) is 0 Å². The van der Waals surface area contributed by atoms with Gasteiger partial charge in [-0.15, -0.1) is 5.54 Å². The molecule has 0 aliphatic rings. The Labute approximate surface area is 130 Å². The minimum Gasteiger partial charge on any atom is -0.252 e. The molecule has 1 aromatic heterocycles. The molecule has 2 nitrogen and oxygen atoms in total. The third-order valence-corrected chi connectivity index (χ3v) is 3.85. The predicted molar refractivity (Wildman–Crippen MR) is 87.7 cm³/mol. The molecule has 0 spiro atoms. The molecule has 0 aliphatic heterocycles. The summed E-state index contributed by atoms with van der Waals surface area (Å²) < 4.78 is 0. The third kappa shape index (κ3) is 4.07. The van der Waals surface area contributed by atoms with Gasteiger partial charge >= 0.3 is 0 Å². The summed E-state index contributed by atoms with van der Waals surface area (Å²) in [7, 11) is -1.40. The van der Waals surface area contributed by atoms with Crippen molar-refractivity contribution in [3.63, 3.8) is 0 Å². The Morgan fingerprint density at radius 1 is 1.05 bits per heavy atom. The van der Waals surface area contributed by atoms with E-state index in [1.807, 2.05) is 6.07 Å². The van der Waals surface area contributed by atoms with Crippen molar-refractivity contribution >= 4 is 31.3 Å². The first-order valence-corrected chi connectivity index (χ1v) is 10.4. The molecule has 0 bridgehead atoms. The average molecular weight is 321 g/mol. The maximum absolute atomic E-state index is 6.15. The summed E-state index contributed by atoms with van der Waals surface area (Å²) >= 11 is 12.0. The number of nitrogens with zero attached hydrogens (tertiary/aromatic N) is 2. The van der Waals surface area contributed by atoms with Gasteiger partial charge in [-0.05, 0) is 18.2 Å². The van der Waals surface area contributed by atoms with Crippen molar-refractivity contribution < 1.29 is 0 Å². The van der Waals surface area contributed by atoms with E-state index in [1.54, 1.807) is 24.5 Å². The van der Waals surface area contributed by atoms with Crippen LogP contribution in [0, 0.1) is 11.5 Å². The van der Waals surface area contributed by atoms with Crippen molar-refractivity contribution in [3.05, 3.63) is 46.3 Å². The minimum atomic E-state index is -1.40. The second kappa shape index (κ2) is 5.97. The topological polar surface area (TPSA) is 25.8 Å². The average Bonchev–Trinajstić information content (AvgIpc) is 2.36. The number of benzene rings is 1. The van der Waals surface area contributed by atoms with E-state index in [4.69, 9.17) is 23.2 Å². The van der Waals surface area contributed by atoms with Crippen LogP contribution in [0.1, 0.15) is 5.69 Å². The second-order valence-corrected chi connectivity index (χ2v) is 11.0. The quantitative estimate of drug-likeness (QED) is 0.563. The predicted octanol–water partition coefficient (Wildman–Crippen LogP) is 4.68. The van der Waals surface area contributed by atoms with E-state index in [2.05, 4.69) is 41.1 Å². The van der Waals surface area contributed by atoms with E-state index < -0.39 is 8.07 Å². The fourth-order valence-electron chi connectivity index (χ4n) is 1.48. The van der Waals surface area contributed by atoms with E-state index in [-0.39, 0.29) is 0 Å². The van der Waals surface area contributed by atoms with Gasteiger partial charge in [-0.3, -0.25) is 4.98 Å². The van der Waals surface area contributed by atoms with E-state index >= 15 is 0 Å². The Bertz CT molecular complexity index is 680. The van der Waals surface area contributed by atoms with Crippen LogP contribution in [0.5, 0.6) is 0 Å². The highest BCUT2D eigenvalue weighted by atomic mass is 35.5. The molecule has 0 unspecified atom stereocenters. The lowest BCUT2D eigenvalue weighted by Crippen LogP contribution is -2.16. The Kier molecular flexibility index (Phi) is 4.49. The molecule has 1 heterocycles. The maximum Gasteiger partial charge on any atom is 0.130 e. The molecule has 0 N–H and O–H groups in total. The van der Waals surface area contributed by atoms with Crippen molar-refractivity contribution in [2.24, 2.45) is 0 Å². The van der Waals surface area contributed by atoms with Crippen LogP contribution < -0.4 is 0 Å². The largest absolute Gasteiger partial charge is 0.252 e. The fraction of sp³-hybridized carbons (Fsp3) is 0.200. The monoisotopic (exact) mass is 320 g/mol. The molecule has 20 heavy (non-hydrogen) atoms. The molecule has 1 aromatic carbocycles. The van der Waals surface area contributed by atoms with Gasteiger partial charge in [0.1, 0.15) is 13.8 Å². The summed E-state index contributed by atoms with van der Waals surface area (Å²) in [5, 5.41) is 1.16. The zero-order valence-electron chi connectivity index (χ0n) is 11.5. The van der Waals surface area contributed by atoms with E-state index in [0.29, 0.717) is 21.4 Å². The zero-order chi connectivity index (χ0) is 14.8. The van der Waals surface area contributed by atoms with Gasteiger partial charge < -0.3 is 0 Å². The molecule has 2 aromatic rings. The first-order chi connectivity index (χ1) is 9.35. The molecule has 0 fully saturated rings. The van der Waals surface area contributed by atoms with Crippen molar-refractivity contribution in [2.45, 2.75) is 19.6 Å². The van der Waals surface area contributed by atoms with Crippen LogP contribution in [0.3, 0.4) is 0 Å². The van der Waals surface area contributed by atoms with Crippen molar-refractivity contribution in [3.8, 4) is 22.7 Å². The number of hydrogen-bond donors (Lipinski definition) is 0. The highest BCUT2D eigenvalue weighted by molar-refractivity contribution is 6.83. The molecular formula is C15H14Cl2N2Si. The number of rotatable bonds is 1. The molecular weight excluding hydrogens is 307 g/mol. The van der Waals surface area contributed by atoms with Crippen LogP contribution in [-0.2, 0) is 0 Å². The van der Waals surface area contributed by atoms with Gasteiger partial charge in [0.2, 0.25) is 0 Å². The summed E-state index contributed by atoms with van der Waals surface area (Å²) in [6.45, 7) is 6.57. The zero-order valence-corrected chi connectivity index (χ0v) is 14.0. The lowest BCUT2D eigenvalue weighted by molar-refractivity contribution is 1.18. The first-order valence-electron chi connectivity index (χ1n) is 6.16. The van der Waals surface area contributed by atoms with Gasteiger partial charge in [0, 0.05) is 10.6 Å². The second-order valence-electron chi connectivity index (χ2n) is 5.41. The van der Waals surface area contributed by atoms with Crippen LogP contribution in [0.25, 0.3) is 11.3 Å². The summed E-state index contributed by atoms with van der Waals surface area (Å²) in [4.78, 5) is 8.68. The summed E-state index contributed by atoms with van der Waals surface area (Å²) in [6.07, 6.45) is 3.36. The van der Waals surface area contributed by atoms with Crippen molar-refractivity contribution in [1.29, 1.82) is 0 Å². The van der Waals surface area contributed by atoms with Crippen LogP contribution in [0.2, 0.25) is 29.7 Å². The molecule has 0 radical (unpaired) electrons. The first kappa shape index (κ1) is 15.1. The standard InChI is InChI=1S/C15H14Cl2N2Si/c1-20(2,3)7-6-12-9-19-15(10-18-12)13-5-4-11(16)8-14(13)17/h4-5,8-10H,1-3H3. The molecule has 0 atom stereocenters. The molecule has 5 heteroatoms.